The van der Waals surface area contributed by atoms with Gasteiger partial charge in [0, 0.05) is 37.1 Å². The number of rotatable bonds is 7. The lowest BCUT2D eigenvalue weighted by atomic mass is 10.2. The maximum atomic E-state index is 14.2. The summed E-state index contributed by atoms with van der Waals surface area (Å²) < 4.78 is 20.1. The van der Waals surface area contributed by atoms with Crippen molar-refractivity contribution in [2.24, 2.45) is 0 Å². The molecule has 7 nitrogen and oxygen atoms in total. The maximum Gasteiger partial charge on any atom is 0.275 e. The molecule has 0 radical (unpaired) electrons. The number of carbonyl (C=O) groups is 2. The van der Waals surface area contributed by atoms with Gasteiger partial charge in [0.1, 0.15) is 16.5 Å². The van der Waals surface area contributed by atoms with E-state index in [9.17, 15) is 14.0 Å². The van der Waals surface area contributed by atoms with Gasteiger partial charge >= 0.3 is 0 Å². The van der Waals surface area contributed by atoms with Crippen LogP contribution < -0.4 is 10.6 Å². The summed E-state index contributed by atoms with van der Waals surface area (Å²) >= 11 is 8.68. The second kappa shape index (κ2) is 10.5. The van der Waals surface area contributed by atoms with Crippen molar-refractivity contribution < 1.29 is 18.7 Å². The van der Waals surface area contributed by atoms with Crippen LogP contribution in [0.1, 0.15) is 16.9 Å². The smallest absolute Gasteiger partial charge is 0.275 e. The van der Waals surface area contributed by atoms with Crippen LogP contribution in [0.15, 0.2) is 35.7 Å². The third-order valence-corrected chi connectivity index (χ3v) is 7.02. The lowest BCUT2D eigenvalue weighted by Crippen LogP contribution is -2.38. The van der Waals surface area contributed by atoms with Crippen LogP contribution in [0.3, 0.4) is 0 Å². The normalized spacial score (nSPS) is 14.3. The third-order valence-electron chi connectivity index (χ3n) is 4.78. The van der Waals surface area contributed by atoms with Crippen LogP contribution in [0.25, 0.3) is 9.88 Å². The number of benzene rings is 1. The van der Waals surface area contributed by atoms with Gasteiger partial charge in [-0.1, -0.05) is 11.6 Å². The maximum absolute atomic E-state index is 14.2. The zero-order valence-corrected chi connectivity index (χ0v) is 19.3. The van der Waals surface area contributed by atoms with Crippen molar-refractivity contribution in [3.63, 3.8) is 0 Å². The van der Waals surface area contributed by atoms with Gasteiger partial charge in [0.25, 0.3) is 5.91 Å². The molecular weight excluding hydrogens is 475 g/mol. The fourth-order valence-corrected chi connectivity index (χ4v) is 5.03. The van der Waals surface area contributed by atoms with Crippen molar-refractivity contribution in [1.82, 2.24) is 9.88 Å². The Morgan fingerprint density at radius 1 is 1.19 bits per heavy atom. The molecule has 2 aromatic heterocycles. The molecule has 4 rings (SSSR count). The van der Waals surface area contributed by atoms with Crippen molar-refractivity contribution in [3.05, 3.63) is 51.6 Å². The highest BCUT2D eigenvalue weighted by molar-refractivity contribution is 7.23. The fraction of sp³-hybridized carbons (Fsp3) is 0.286. The molecule has 1 aliphatic heterocycles. The lowest BCUT2D eigenvalue weighted by Gasteiger charge is -2.26. The van der Waals surface area contributed by atoms with Crippen molar-refractivity contribution in [2.75, 3.05) is 43.5 Å². The molecule has 1 fully saturated rings. The minimum Gasteiger partial charge on any atom is -0.379 e. The molecule has 0 aliphatic carbocycles. The predicted octanol–water partition coefficient (Wildman–Crippen LogP) is 4.58. The number of anilines is 2. The molecule has 2 N–H and O–H groups in total. The number of halogens is 2. The van der Waals surface area contributed by atoms with Crippen molar-refractivity contribution in [2.45, 2.75) is 6.42 Å². The summed E-state index contributed by atoms with van der Waals surface area (Å²) in [5.74, 6) is -1.29. The number of nitrogens with one attached hydrogen (secondary N) is 2. The summed E-state index contributed by atoms with van der Waals surface area (Å²) in [6.07, 6.45) is 0.240. The van der Waals surface area contributed by atoms with Gasteiger partial charge < -0.3 is 15.4 Å². The Bertz CT molecular complexity index is 1110. The number of thiazole rings is 1. The number of hydrogen-bond donors (Lipinski definition) is 2. The van der Waals surface area contributed by atoms with Crippen LogP contribution in [0, 0.1) is 5.82 Å². The third kappa shape index (κ3) is 5.90. The van der Waals surface area contributed by atoms with Gasteiger partial charge in [-0.15, -0.1) is 22.7 Å². The zero-order valence-electron chi connectivity index (χ0n) is 16.9. The summed E-state index contributed by atoms with van der Waals surface area (Å²) in [6, 6.07) is 7.65. The molecule has 0 saturated carbocycles. The van der Waals surface area contributed by atoms with E-state index in [2.05, 4.69) is 20.5 Å². The first kappa shape index (κ1) is 22.8. The second-order valence-electron chi connectivity index (χ2n) is 7.04. The Morgan fingerprint density at radius 3 is 2.75 bits per heavy atom. The number of amides is 2. The van der Waals surface area contributed by atoms with Gasteiger partial charge in [-0.25, -0.2) is 9.37 Å². The largest absolute Gasteiger partial charge is 0.379 e. The highest BCUT2D eigenvalue weighted by Crippen LogP contribution is 2.33. The van der Waals surface area contributed by atoms with Gasteiger partial charge in [0.15, 0.2) is 0 Å². The number of ether oxygens (including phenoxy) is 1. The number of nitrogens with zero attached hydrogens (tertiary/aromatic N) is 2. The Kier molecular flexibility index (Phi) is 7.48. The molecule has 1 saturated heterocycles. The average molecular weight is 495 g/mol. The van der Waals surface area contributed by atoms with E-state index >= 15 is 0 Å². The SMILES string of the molecule is O=C(CCN1CCOCC1)Nc1cc(NC(=O)c2csc(-c3ccc(Cl)s3)n2)ccc1F. The molecule has 32 heavy (non-hydrogen) atoms. The second-order valence-corrected chi connectivity index (χ2v) is 9.62. The van der Waals surface area contributed by atoms with Crippen molar-refractivity contribution >= 4 is 57.5 Å². The number of morpholine rings is 1. The molecule has 3 aromatic rings. The van der Waals surface area contributed by atoms with Crippen molar-refractivity contribution in [3.8, 4) is 9.88 Å². The molecule has 168 valence electrons. The highest BCUT2D eigenvalue weighted by atomic mass is 35.5. The lowest BCUT2D eigenvalue weighted by molar-refractivity contribution is -0.116. The number of hydrogen-bond acceptors (Lipinski definition) is 7. The zero-order chi connectivity index (χ0) is 22.5. The topological polar surface area (TPSA) is 83.6 Å². The van der Waals surface area contributed by atoms with Gasteiger partial charge in [-0.2, -0.15) is 0 Å². The van der Waals surface area contributed by atoms with E-state index in [0.717, 1.165) is 18.0 Å². The van der Waals surface area contributed by atoms with Crippen LogP contribution in [0.4, 0.5) is 15.8 Å². The van der Waals surface area contributed by atoms with Crippen LogP contribution in [0.5, 0.6) is 0 Å². The molecule has 0 atom stereocenters. The summed E-state index contributed by atoms with van der Waals surface area (Å²) in [6.45, 7) is 3.44. The number of aromatic nitrogens is 1. The van der Waals surface area contributed by atoms with E-state index in [4.69, 9.17) is 16.3 Å². The average Bonchev–Trinajstić information content (AvgIpc) is 3.45. The van der Waals surface area contributed by atoms with E-state index in [-0.39, 0.29) is 23.7 Å². The molecule has 1 aliphatic rings. The monoisotopic (exact) mass is 494 g/mol. The number of thiophene rings is 1. The van der Waals surface area contributed by atoms with E-state index in [1.54, 1.807) is 11.4 Å². The quantitative estimate of drug-likeness (QED) is 0.502. The van der Waals surface area contributed by atoms with Crippen molar-refractivity contribution in [1.29, 1.82) is 0 Å². The Labute approximate surface area is 197 Å². The molecule has 1 aromatic carbocycles. The first-order chi connectivity index (χ1) is 15.5. The highest BCUT2D eigenvalue weighted by Gasteiger charge is 2.16. The minimum absolute atomic E-state index is 0.0157. The summed E-state index contributed by atoms with van der Waals surface area (Å²) in [5, 5.41) is 7.62. The van der Waals surface area contributed by atoms with Gasteiger partial charge in [-0.05, 0) is 30.3 Å². The van der Waals surface area contributed by atoms with Crippen LogP contribution in [-0.2, 0) is 9.53 Å². The summed E-state index contributed by atoms with van der Waals surface area (Å²) in [7, 11) is 0. The summed E-state index contributed by atoms with van der Waals surface area (Å²) in [5.41, 5.74) is 0.616. The van der Waals surface area contributed by atoms with E-state index in [1.807, 2.05) is 6.07 Å². The molecule has 3 heterocycles. The first-order valence-electron chi connectivity index (χ1n) is 9.90. The van der Waals surface area contributed by atoms with E-state index < -0.39 is 11.7 Å². The molecule has 0 bridgehead atoms. The standard InChI is InChI=1S/C21H20ClFN4O3S2/c22-18-4-3-17(32-18)21-26-16(12-31-21)20(29)24-13-1-2-14(23)15(11-13)25-19(28)5-6-27-7-9-30-10-8-27/h1-4,11-12H,5-10H2,(H,24,29)(H,25,28). The molecule has 2 amide bonds. The first-order valence-corrected chi connectivity index (χ1v) is 12.0. The Hall–Kier alpha value is -2.37. The Morgan fingerprint density at radius 2 is 2.00 bits per heavy atom. The Balaban J connectivity index is 1.36. The summed E-state index contributed by atoms with van der Waals surface area (Å²) in [4.78, 5) is 32.2. The van der Waals surface area contributed by atoms with Gasteiger partial charge in [-0.3, -0.25) is 14.5 Å². The molecular formula is C21H20ClFN4O3S2. The van der Waals surface area contributed by atoms with Crippen LogP contribution in [0.2, 0.25) is 4.34 Å². The van der Waals surface area contributed by atoms with Crippen LogP contribution >= 0.6 is 34.3 Å². The predicted molar refractivity (Wildman–Crippen MR) is 125 cm³/mol. The molecule has 0 spiro atoms. The van der Waals surface area contributed by atoms with Gasteiger partial charge in [0.2, 0.25) is 5.91 Å². The van der Waals surface area contributed by atoms with E-state index in [0.29, 0.717) is 34.8 Å². The minimum atomic E-state index is -0.576. The fourth-order valence-electron chi connectivity index (χ4n) is 3.11. The van der Waals surface area contributed by atoms with Gasteiger partial charge in [0.05, 0.1) is 28.1 Å². The molecule has 0 unspecified atom stereocenters. The van der Waals surface area contributed by atoms with Crippen LogP contribution in [-0.4, -0.2) is 54.5 Å². The molecule has 11 heteroatoms. The van der Waals surface area contributed by atoms with E-state index in [1.165, 1.54) is 40.9 Å². The number of carbonyl (C=O) groups excluding carboxylic acids is 2.